The van der Waals surface area contributed by atoms with Crippen molar-refractivity contribution in [3.05, 3.63) is 0 Å². The fourth-order valence-electron chi connectivity index (χ4n) is 5.08. The number of nitrogens with zero attached hydrogens (tertiary/aromatic N) is 1. The highest BCUT2D eigenvalue weighted by molar-refractivity contribution is 4.64. The lowest BCUT2D eigenvalue weighted by Gasteiger charge is -2.23. The van der Waals surface area contributed by atoms with E-state index in [2.05, 4.69) is 13.8 Å². The summed E-state index contributed by atoms with van der Waals surface area (Å²) in [5, 5.41) is 29.5. The van der Waals surface area contributed by atoms with Crippen LogP contribution in [0.2, 0.25) is 0 Å². The summed E-state index contributed by atoms with van der Waals surface area (Å²) in [7, 11) is 0. The number of aliphatic hydroxyl groups is 2. The van der Waals surface area contributed by atoms with Crippen molar-refractivity contribution in [3.63, 3.8) is 0 Å². The monoisotopic (exact) mass is 485 g/mol. The van der Waals surface area contributed by atoms with Gasteiger partial charge < -0.3 is 15.4 Å². The van der Waals surface area contributed by atoms with Crippen molar-refractivity contribution in [1.82, 2.24) is 5.06 Å². The largest absolute Gasteiger partial charge is 0.367 e. The Morgan fingerprint density at radius 2 is 0.735 bits per heavy atom. The molecule has 1 unspecified atom stereocenters. The molecule has 0 radical (unpaired) electrons. The van der Waals surface area contributed by atoms with Gasteiger partial charge in [0.05, 0.1) is 6.54 Å². The highest BCUT2D eigenvalue weighted by Crippen LogP contribution is 2.21. The molecule has 0 aromatic heterocycles. The Labute approximate surface area is 213 Å². The van der Waals surface area contributed by atoms with E-state index in [4.69, 9.17) is 10.2 Å². The number of hydroxylamine groups is 2. The number of unbranched alkanes of at least 4 members (excludes halogenated alkanes) is 20. The van der Waals surface area contributed by atoms with E-state index < -0.39 is 6.29 Å². The van der Waals surface area contributed by atoms with E-state index in [0.29, 0.717) is 12.5 Å². The summed E-state index contributed by atoms with van der Waals surface area (Å²) in [5.74, 6) is 0.459. The van der Waals surface area contributed by atoms with Gasteiger partial charge in [-0.15, -0.1) is 0 Å². The number of rotatable bonds is 28. The van der Waals surface area contributed by atoms with Crippen LogP contribution in [-0.4, -0.2) is 39.9 Å². The molecular formula is C30H63NO3. The third-order valence-electron chi connectivity index (χ3n) is 7.27. The average Bonchev–Trinajstić information content (AvgIpc) is 2.80. The van der Waals surface area contributed by atoms with Gasteiger partial charge in [-0.1, -0.05) is 155 Å². The first-order valence-electron chi connectivity index (χ1n) is 15.4. The average molecular weight is 486 g/mol. The van der Waals surface area contributed by atoms with Crippen LogP contribution in [-0.2, 0) is 0 Å². The molecule has 0 aromatic rings. The Kier molecular flexibility index (Phi) is 27.3. The fourth-order valence-corrected chi connectivity index (χ4v) is 5.08. The van der Waals surface area contributed by atoms with Crippen LogP contribution in [0.25, 0.3) is 0 Å². The Bertz CT molecular complexity index is 378. The van der Waals surface area contributed by atoms with Gasteiger partial charge in [0.15, 0.2) is 6.29 Å². The van der Waals surface area contributed by atoms with E-state index in [9.17, 15) is 5.21 Å². The Morgan fingerprint density at radius 3 is 1.03 bits per heavy atom. The maximum absolute atomic E-state index is 10.1. The molecule has 4 heteroatoms. The second-order valence-corrected chi connectivity index (χ2v) is 10.9. The van der Waals surface area contributed by atoms with Crippen LogP contribution >= 0.6 is 0 Å². The summed E-state index contributed by atoms with van der Waals surface area (Å²) in [5.41, 5.74) is 0. The summed E-state index contributed by atoms with van der Waals surface area (Å²) in [6.45, 7) is 5.03. The van der Waals surface area contributed by atoms with Crippen molar-refractivity contribution in [2.24, 2.45) is 5.92 Å². The van der Waals surface area contributed by atoms with Crippen molar-refractivity contribution >= 4 is 0 Å². The molecule has 34 heavy (non-hydrogen) atoms. The quantitative estimate of drug-likeness (QED) is 0.0587. The lowest BCUT2D eigenvalue weighted by molar-refractivity contribution is -0.164. The van der Waals surface area contributed by atoms with E-state index in [1.54, 1.807) is 0 Å². The maximum atomic E-state index is 10.1. The fraction of sp³-hybridized carbons (Fsp3) is 1.00. The molecule has 0 heterocycles. The number of aliphatic hydroxyl groups excluding tert-OH is 1. The molecule has 0 aliphatic rings. The van der Waals surface area contributed by atoms with E-state index in [0.717, 1.165) is 17.9 Å². The molecular weight excluding hydrogens is 422 g/mol. The van der Waals surface area contributed by atoms with E-state index >= 15 is 0 Å². The van der Waals surface area contributed by atoms with Crippen LogP contribution in [0.5, 0.6) is 0 Å². The van der Waals surface area contributed by atoms with Gasteiger partial charge in [0.2, 0.25) is 0 Å². The standard InChI is InChI=1S/C30H63NO3/c1-3-5-7-9-11-13-15-16-18-20-22-24-26-29(27-31(34)28-30(32)33)25-23-21-19-17-14-12-10-8-6-4-2/h29-30,32-34H,3-28H2,1-2H3. The lowest BCUT2D eigenvalue weighted by Crippen LogP contribution is -2.33. The minimum Gasteiger partial charge on any atom is -0.367 e. The van der Waals surface area contributed by atoms with Crippen molar-refractivity contribution in [1.29, 1.82) is 0 Å². The zero-order valence-electron chi connectivity index (χ0n) is 23.3. The molecule has 3 N–H and O–H groups in total. The zero-order valence-corrected chi connectivity index (χ0v) is 23.3. The van der Waals surface area contributed by atoms with Crippen LogP contribution in [0.15, 0.2) is 0 Å². The van der Waals surface area contributed by atoms with Crippen LogP contribution in [0.3, 0.4) is 0 Å². The van der Waals surface area contributed by atoms with Crippen molar-refractivity contribution in [3.8, 4) is 0 Å². The van der Waals surface area contributed by atoms with E-state index in [1.165, 1.54) is 141 Å². The first-order valence-corrected chi connectivity index (χ1v) is 15.4. The molecule has 0 saturated carbocycles. The molecule has 0 aromatic carbocycles. The zero-order chi connectivity index (χ0) is 25.1. The first kappa shape index (κ1) is 33.8. The van der Waals surface area contributed by atoms with Crippen LogP contribution in [0, 0.1) is 5.92 Å². The predicted octanol–water partition coefficient (Wildman–Crippen LogP) is 9.01. The van der Waals surface area contributed by atoms with Gasteiger partial charge in [0, 0.05) is 6.54 Å². The van der Waals surface area contributed by atoms with Crippen molar-refractivity contribution in [2.45, 2.75) is 174 Å². The molecule has 0 bridgehead atoms. The summed E-state index contributed by atoms with van der Waals surface area (Å²) < 4.78 is 0. The van der Waals surface area contributed by atoms with Crippen molar-refractivity contribution < 1.29 is 15.4 Å². The minimum atomic E-state index is -1.46. The first-order chi connectivity index (χ1) is 16.6. The molecule has 0 rings (SSSR count). The Morgan fingerprint density at radius 1 is 0.441 bits per heavy atom. The summed E-state index contributed by atoms with van der Waals surface area (Å²) in [4.78, 5) is 0. The summed E-state index contributed by atoms with van der Waals surface area (Å²) >= 11 is 0. The minimum absolute atomic E-state index is 0.0764. The van der Waals surface area contributed by atoms with Gasteiger partial charge in [0.25, 0.3) is 0 Å². The molecule has 0 fully saturated rings. The van der Waals surface area contributed by atoms with Gasteiger partial charge in [0.1, 0.15) is 0 Å². The van der Waals surface area contributed by atoms with E-state index in [1.807, 2.05) is 0 Å². The summed E-state index contributed by atoms with van der Waals surface area (Å²) in [6, 6.07) is 0. The molecule has 0 spiro atoms. The molecule has 1 atom stereocenters. The van der Waals surface area contributed by atoms with Gasteiger partial charge in [-0.05, 0) is 18.8 Å². The predicted molar refractivity (Wildman–Crippen MR) is 147 cm³/mol. The Hall–Kier alpha value is -0.160. The molecule has 206 valence electrons. The maximum Gasteiger partial charge on any atom is 0.166 e. The summed E-state index contributed by atoms with van der Waals surface area (Å²) in [6.07, 6.45) is 30.7. The second kappa shape index (κ2) is 27.4. The van der Waals surface area contributed by atoms with Gasteiger partial charge in [-0.25, -0.2) is 0 Å². The molecule has 0 saturated heterocycles. The number of hydrogen-bond acceptors (Lipinski definition) is 4. The second-order valence-electron chi connectivity index (χ2n) is 10.9. The normalized spacial score (nSPS) is 12.8. The molecule has 4 nitrogen and oxygen atoms in total. The van der Waals surface area contributed by atoms with Crippen LogP contribution in [0.1, 0.15) is 168 Å². The Balaban J connectivity index is 3.83. The smallest absolute Gasteiger partial charge is 0.166 e. The lowest BCUT2D eigenvalue weighted by atomic mass is 9.93. The molecule has 0 aliphatic carbocycles. The SMILES string of the molecule is CCCCCCCCCCCCCCC(CCCCCCCCCCCC)CN(O)CC(O)O. The highest BCUT2D eigenvalue weighted by atomic mass is 16.5. The van der Waals surface area contributed by atoms with Crippen molar-refractivity contribution in [2.75, 3.05) is 13.1 Å². The third kappa shape index (κ3) is 26.4. The van der Waals surface area contributed by atoms with E-state index in [-0.39, 0.29) is 6.54 Å². The number of hydrogen-bond donors (Lipinski definition) is 3. The topological polar surface area (TPSA) is 63.9 Å². The van der Waals surface area contributed by atoms with Crippen LogP contribution in [0.4, 0.5) is 0 Å². The molecule has 0 aliphatic heterocycles. The van der Waals surface area contributed by atoms with Gasteiger partial charge in [-0.2, -0.15) is 5.06 Å². The van der Waals surface area contributed by atoms with Crippen LogP contribution < -0.4 is 0 Å². The highest BCUT2D eigenvalue weighted by Gasteiger charge is 2.14. The van der Waals surface area contributed by atoms with Gasteiger partial charge in [-0.3, -0.25) is 0 Å². The molecule has 0 amide bonds. The van der Waals surface area contributed by atoms with Gasteiger partial charge >= 0.3 is 0 Å². The third-order valence-corrected chi connectivity index (χ3v) is 7.27.